The predicted molar refractivity (Wildman–Crippen MR) is 82.0 cm³/mol. The summed E-state index contributed by atoms with van der Waals surface area (Å²) in [6, 6.07) is 0. The highest BCUT2D eigenvalue weighted by Crippen LogP contribution is 2.38. The van der Waals surface area contributed by atoms with E-state index < -0.39 is 11.2 Å². The van der Waals surface area contributed by atoms with Crippen LogP contribution >= 0.6 is 22.6 Å². The zero-order chi connectivity index (χ0) is 13.5. The maximum absolute atomic E-state index is 12.1. The first kappa shape index (κ1) is 13.8. The standard InChI is InChI=1S/C12H16IN3O2S/c13-6-9-14-8-2-5-19(18)10(8)11(15-9)16-12(7-17)3-1-4-12/h17H,1-7H2,(H,14,15,16). The topological polar surface area (TPSA) is 81.1 Å². The van der Waals surface area contributed by atoms with Gasteiger partial charge in [-0.05, 0) is 30.4 Å². The normalized spacial score (nSPS) is 23.8. The molecule has 5 nitrogen and oxygen atoms in total. The minimum absolute atomic E-state index is 0.0952. The minimum atomic E-state index is -1.01. The molecule has 7 heteroatoms. The Hall–Kier alpha value is -0.120. The van der Waals surface area contributed by atoms with E-state index in [1.165, 1.54) is 0 Å². The number of fused-ring (bicyclic) bond motifs is 1. The van der Waals surface area contributed by atoms with E-state index in [9.17, 15) is 9.66 Å². The summed E-state index contributed by atoms with van der Waals surface area (Å²) >= 11 is 1.23. The van der Waals surface area contributed by atoms with Crippen LogP contribution in [0.4, 0.5) is 5.82 Å². The SMILES string of the molecule is [O-][S+]1CCc2nc(CI)nc(NC3(CO)CCC3)c21. The summed E-state index contributed by atoms with van der Waals surface area (Å²) < 4.78 is 12.8. The Kier molecular flexibility index (Phi) is 3.89. The molecule has 0 bridgehead atoms. The van der Waals surface area contributed by atoms with Gasteiger partial charge in [-0.25, -0.2) is 9.97 Å². The van der Waals surface area contributed by atoms with Crippen molar-refractivity contribution in [3.63, 3.8) is 0 Å². The highest BCUT2D eigenvalue weighted by atomic mass is 127. The first-order valence-electron chi connectivity index (χ1n) is 6.41. The van der Waals surface area contributed by atoms with Crippen LogP contribution in [0.3, 0.4) is 0 Å². The van der Waals surface area contributed by atoms with Gasteiger partial charge in [0.25, 0.3) is 0 Å². The van der Waals surface area contributed by atoms with Gasteiger partial charge in [-0.2, -0.15) is 0 Å². The zero-order valence-electron chi connectivity index (χ0n) is 10.5. The van der Waals surface area contributed by atoms with Crippen LogP contribution in [-0.4, -0.2) is 37.5 Å². The van der Waals surface area contributed by atoms with E-state index >= 15 is 0 Å². The van der Waals surface area contributed by atoms with Crippen LogP contribution in [0.2, 0.25) is 0 Å². The average Bonchev–Trinajstić information content (AvgIpc) is 2.75. The summed E-state index contributed by atoms with van der Waals surface area (Å²) in [6.07, 6.45) is 3.75. The van der Waals surface area contributed by atoms with Crippen LogP contribution in [0.25, 0.3) is 0 Å². The van der Waals surface area contributed by atoms with Gasteiger partial charge in [-0.3, -0.25) is 0 Å². The number of anilines is 1. The molecule has 1 aliphatic carbocycles. The van der Waals surface area contributed by atoms with Crippen LogP contribution in [0.1, 0.15) is 30.8 Å². The maximum Gasteiger partial charge on any atom is 0.216 e. The van der Waals surface area contributed by atoms with Crippen LogP contribution in [0.15, 0.2) is 4.90 Å². The predicted octanol–water partition coefficient (Wildman–Crippen LogP) is 1.40. The quantitative estimate of drug-likeness (QED) is 0.459. The lowest BCUT2D eigenvalue weighted by Crippen LogP contribution is -2.48. The van der Waals surface area contributed by atoms with Crippen molar-refractivity contribution in [2.45, 2.75) is 40.5 Å². The number of aliphatic hydroxyl groups excluding tert-OH is 1. The number of rotatable bonds is 4. The average molecular weight is 393 g/mol. The number of hydrogen-bond donors (Lipinski definition) is 2. The molecule has 0 amide bonds. The number of nitrogens with zero attached hydrogens (tertiary/aromatic N) is 2. The minimum Gasteiger partial charge on any atom is -0.611 e. The van der Waals surface area contributed by atoms with E-state index in [1.54, 1.807) is 0 Å². The molecule has 2 N–H and O–H groups in total. The molecule has 0 saturated heterocycles. The summed E-state index contributed by atoms with van der Waals surface area (Å²) in [5, 5.41) is 12.9. The van der Waals surface area contributed by atoms with Crippen molar-refractivity contribution in [2.24, 2.45) is 0 Å². The lowest BCUT2D eigenvalue weighted by Gasteiger charge is -2.41. The molecule has 0 radical (unpaired) electrons. The second-order valence-electron chi connectivity index (χ2n) is 5.11. The number of aryl methyl sites for hydroxylation is 1. The van der Waals surface area contributed by atoms with E-state index in [1.807, 2.05) is 0 Å². The highest BCUT2D eigenvalue weighted by Gasteiger charge is 2.40. The van der Waals surface area contributed by atoms with Crippen LogP contribution in [-0.2, 0) is 22.0 Å². The summed E-state index contributed by atoms with van der Waals surface area (Å²) in [4.78, 5) is 9.72. The third-order valence-corrected chi connectivity index (χ3v) is 5.99. The number of nitrogens with one attached hydrogen (secondary N) is 1. The van der Waals surface area contributed by atoms with Crippen molar-refractivity contribution < 1.29 is 9.66 Å². The monoisotopic (exact) mass is 393 g/mol. The second-order valence-corrected chi connectivity index (χ2v) is 7.38. The van der Waals surface area contributed by atoms with E-state index in [0.29, 0.717) is 11.6 Å². The van der Waals surface area contributed by atoms with Gasteiger partial charge in [0, 0.05) is 6.42 Å². The zero-order valence-corrected chi connectivity index (χ0v) is 13.5. The van der Waals surface area contributed by atoms with Crippen LogP contribution in [0, 0.1) is 0 Å². The van der Waals surface area contributed by atoms with Crippen molar-refractivity contribution in [3.05, 3.63) is 11.5 Å². The molecular formula is C12H16IN3O2S. The number of hydrogen-bond acceptors (Lipinski definition) is 5. The van der Waals surface area contributed by atoms with Gasteiger partial charge < -0.3 is 15.0 Å². The summed E-state index contributed by atoms with van der Waals surface area (Å²) in [7, 11) is 0. The number of aromatic nitrogens is 2. The molecule has 1 aliphatic heterocycles. The maximum atomic E-state index is 12.1. The Balaban J connectivity index is 1.97. The Morgan fingerprint density at radius 1 is 1.42 bits per heavy atom. The Labute approximate surface area is 128 Å². The highest BCUT2D eigenvalue weighted by molar-refractivity contribution is 14.1. The van der Waals surface area contributed by atoms with E-state index in [4.69, 9.17) is 0 Å². The van der Waals surface area contributed by atoms with Crippen molar-refractivity contribution in [1.82, 2.24) is 9.97 Å². The summed E-state index contributed by atoms with van der Waals surface area (Å²) in [5.41, 5.74) is 0.646. The fourth-order valence-corrected chi connectivity index (χ4v) is 4.22. The van der Waals surface area contributed by atoms with Gasteiger partial charge >= 0.3 is 0 Å². The molecule has 2 heterocycles. The lowest BCUT2D eigenvalue weighted by atomic mass is 9.77. The van der Waals surface area contributed by atoms with Crippen LogP contribution < -0.4 is 5.32 Å². The molecule has 1 unspecified atom stereocenters. The first-order valence-corrected chi connectivity index (χ1v) is 9.25. The molecule has 0 spiro atoms. The number of halogens is 1. The summed E-state index contributed by atoms with van der Waals surface area (Å²) in [5.74, 6) is 2.09. The Morgan fingerprint density at radius 2 is 2.21 bits per heavy atom. The van der Waals surface area contributed by atoms with Gasteiger partial charge in [0.15, 0.2) is 5.82 Å². The van der Waals surface area contributed by atoms with E-state index in [0.717, 1.165) is 46.5 Å². The van der Waals surface area contributed by atoms with Gasteiger partial charge in [0.05, 0.1) is 16.6 Å². The Morgan fingerprint density at radius 3 is 2.79 bits per heavy atom. The smallest absolute Gasteiger partial charge is 0.216 e. The lowest BCUT2D eigenvalue weighted by molar-refractivity contribution is 0.143. The molecule has 1 saturated carbocycles. The molecular weight excluding hydrogens is 377 g/mol. The van der Waals surface area contributed by atoms with Gasteiger partial charge in [-0.15, -0.1) is 0 Å². The molecule has 3 rings (SSSR count). The molecule has 104 valence electrons. The van der Waals surface area contributed by atoms with Crippen molar-refractivity contribution >= 4 is 39.6 Å². The molecule has 0 aromatic carbocycles. The van der Waals surface area contributed by atoms with E-state index in [2.05, 4.69) is 37.9 Å². The van der Waals surface area contributed by atoms with E-state index in [-0.39, 0.29) is 12.1 Å². The van der Waals surface area contributed by atoms with Gasteiger partial charge in [0.2, 0.25) is 4.90 Å². The molecule has 1 aromatic rings. The number of alkyl halides is 1. The molecule has 1 fully saturated rings. The van der Waals surface area contributed by atoms with Gasteiger partial charge in [0.1, 0.15) is 17.3 Å². The van der Waals surface area contributed by atoms with Crippen molar-refractivity contribution in [3.8, 4) is 0 Å². The van der Waals surface area contributed by atoms with Crippen LogP contribution in [0.5, 0.6) is 0 Å². The number of aliphatic hydroxyl groups is 1. The fraction of sp³-hybridized carbons (Fsp3) is 0.667. The third-order valence-electron chi connectivity index (χ3n) is 3.85. The molecule has 1 aromatic heterocycles. The van der Waals surface area contributed by atoms with Gasteiger partial charge in [-0.1, -0.05) is 22.6 Å². The Bertz CT molecular complexity index is 491. The summed E-state index contributed by atoms with van der Waals surface area (Å²) in [6.45, 7) is 0.0952. The van der Waals surface area contributed by atoms with Crippen molar-refractivity contribution in [2.75, 3.05) is 17.7 Å². The molecule has 19 heavy (non-hydrogen) atoms. The second kappa shape index (κ2) is 5.34. The fourth-order valence-electron chi connectivity index (χ4n) is 2.57. The third kappa shape index (κ3) is 2.45. The largest absolute Gasteiger partial charge is 0.611 e. The molecule has 1 atom stereocenters. The first-order chi connectivity index (χ1) is 9.17. The van der Waals surface area contributed by atoms with Crippen molar-refractivity contribution in [1.29, 1.82) is 0 Å². The molecule has 2 aliphatic rings.